The fourth-order valence-corrected chi connectivity index (χ4v) is 4.25. The van der Waals surface area contributed by atoms with Gasteiger partial charge in [-0.3, -0.25) is 9.59 Å². The van der Waals surface area contributed by atoms with Crippen molar-refractivity contribution in [3.05, 3.63) is 36.7 Å². The first-order valence-corrected chi connectivity index (χ1v) is 10.8. The van der Waals surface area contributed by atoms with Crippen LogP contribution in [0.25, 0.3) is 0 Å². The van der Waals surface area contributed by atoms with Gasteiger partial charge in [-0.25, -0.2) is 9.97 Å². The molecule has 170 valence electrons. The zero-order valence-electron chi connectivity index (χ0n) is 18.3. The third kappa shape index (κ3) is 4.92. The molecule has 9 heteroatoms. The molecule has 9 nitrogen and oxygen atoms in total. The van der Waals surface area contributed by atoms with Crippen LogP contribution in [0, 0.1) is 5.92 Å². The van der Waals surface area contributed by atoms with E-state index >= 15 is 0 Å². The van der Waals surface area contributed by atoms with Crippen molar-refractivity contribution >= 4 is 17.5 Å². The Hall–Kier alpha value is -3.36. The molecule has 2 amide bonds. The number of nitrogens with zero attached hydrogens (tertiary/aromatic N) is 3. The number of anilines is 1. The molecule has 1 N–H and O–H groups in total. The monoisotopic (exact) mass is 440 g/mol. The van der Waals surface area contributed by atoms with Gasteiger partial charge in [-0.1, -0.05) is 6.07 Å². The van der Waals surface area contributed by atoms with Gasteiger partial charge in [-0.2, -0.15) is 0 Å². The first-order chi connectivity index (χ1) is 15.6. The van der Waals surface area contributed by atoms with E-state index in [1.165, 1.54) is 7.11 Å². The number of hydrogen-bond donors (Lipinski definition) is 1. The molecule has 1 saturated heterocycles. The van der Waals surface area contributed by atoms with Gasteiger partial charge in [0.25, 0.3) is 11.8 Å². The largest absolute Gasteiger partial charge is 0.497 e. The summed E-state index contributed by atoms with van der Waals surface area (Å²) in [5, 5.41) is 3.13. The van der Waals surface area contributed by atoms with Gasteiger partial charge in [-0.15, -0.1) is 0 Å². The fourth-order valence-electron chi connectivity index (χ4n) is 4.25. The lowest BCUT2D eigenvalue weighted by Crippen LogP contribution is -2.43. The van der Waals surface area contributed by atoms with E-state index in [1.807, 2.05) is 24.3 Å². The van der Waals surface area contributed by atoms with E-state index in [4.69, 9.17) is 14.2 Å². The summed E-state index contributed by atoms with van der Waals surface area (Å²) >= 11 is 0. The van der Waals surface area contributed by atoms with E-state index in [0.717, 1.165) is 31.4 Å². The van der Waals surface area contributed by atoms with Crippen molar-refractivity contribution < 1.29 is 23.8 Å². The predicted molar refractivity (Wildman–Crippen MR) is 117 cm³/mol. The van der Waals surface area contributed by atoms with Crippen molar-refractivity contribution in [2.24, 2.45) is 5.92 Å². The molecular weight excluding hydrogens is 412 g/mol. The van der Waals surface area contributed by atoms with Crippen LogP contribution in [0.4, 0.5) is 5.69 Å². The zero-order chi connectivity index (χ0) is 22.5. The zero-order valence-corrected chi connectivity index (χ0v) is 18.3. The number of rotatable bonds is 7. The highest BCUT2D eigenvalue weighted by molar-refractivity contribution is 6.00. The van der Waals surface area contributed by atoms with E-state index in [1.54, 1.807) is 24.4 Å². The van der Waals surface area contributed by atoms with Crippen molar-refractivity contribution in [1.82, 2.24) is 15.3 Å². The minimum atomic E-state index is -0.355. The molecule has 1 saturated carbocycles. The number of amides is 2. The van der Waals surface area contributed by atoms with Gasteiger partial charge in [0, 0.05) is 43.2 Å². The molecule has 1 aromatic carbocycles. The van der Waals surface area contributed by atoms with Crippen LogP contribution >= 0.6 is 0 Å². The third-order valence-electron chi connectivity index (χ3n) is 5.99. The predicted octanol–water partition coefficient (Wildman–Crippen LogP) is 2.35. The second-order valence-corrected chi connectivity index (χ2v) is 8.08. The minimum Gasteiger partial charge on any atom is -0.497 e. The summed E-state index contributed by atoms with van der Waals surface area (Å²) in [7, 11) is 3.12. The number of nitrogens with one attached hydrogen (secondary N) is 1. The first-order valence-electron chi connectivity index (χ1n) is 10.8. The van der Waals surface area contributed by atoms with Gasteiger partial charge in [0.15, 0.2) is 0 Å². The molecule has 0 radical (unpaired) electrons. The van der Waals surface area contributed by atoms with Crippen LogP contribution < -0.4 is 24.4 Å². The van der Waals surface area contributed by atoms with Crippen LogP contribution in [0.1, 0.15) is 32.1 Å². The Morgan fingerprint density at radius 3 is 2.53 bits per heavy atom. The van der Waals surface area contributed by atoms with Crippen LogP contribution in [0.3, 0.4) is 0 Å². The average molecular weight is 441 g/mol. The first kappa shape index (κ1) is 21.9. The van der Waals surface area contributed by atoms with E-state index in [2.05, 4.69) is 15.3 Å². The number of carbonyl (C=O) groups excluding carboxylic acids is 2. The van der Waals surface area contributed by atoms with Gasteiger partial charge in [0.1, 0.15) is 11.9 Å². The summed E-state index contributed by atoms with van der Waals surface area (Å²) in [5.41, 5.74) is 0.752. The molecule has 1 aliphatic carbocycles. The quantitative estimate of drug-likeness (QED) is 0.705. The fraction of sp³-hybridized carbons (Fsp3) is 0.478. The van der Waals surface area contributed by atoms with Crippen LogP contribution in [-0.4, -0.2) is 54.7 Å². The molecule has 1 aromatic heterocycles. The Morgan fingerprint density at radius 2 is 1.81 bits per heavy atom. The van der Waals surface area contributed by atoms with Gasteiger partial charge < -0.3 is 24.4 Å². The minimum absolute atomic E-state index is 0.00497. The Morgan fingerprint density at radius 1 is 1.06 bits per heavy atom. The van der Waals surface area contributed by atoms with Gasteiger partial charge in [0.2, 0.25) is 11.8 Å². The standard InChI is InChI=1S/C23H28N4O5/c1-30-19-5-3-4-17(13-19)27-14-15(12-20(27)28)21(29)26-16-6-8-18(9-7-16)32-23-22(31-2)24-10-11-25-23/h3-5,10-11,13,15-16,18H,6-9,12,14H2,1-2H3,(H,26,29). The van der Waals surface area contributed by atoms with Crippen molar-refractivity contribution in [1.29, 1.82) is 0 Å². The summed E-state index contributed by atoms with van der Waals surface area (Å²) in [6.45, 7) is 0.378. The summed E-state index contributed by atoms with van der Waals surface area (Å²) in [5.74, 6) is 0.976. The molecule has 2 heterocycles. The molecule has 1 aliphatic heterocycles. The van der Waals surface area contributed by atoms with Crippen molar-refractivity contribution in [2.45, 2.75) is 44.2 Å². The summed E-state index contributed by atoms with van der Waals surface area (Å²) in [6.07, 6.45) is 6.55. The highest BCUT2D eigenvalue weighted by Gasteiger charge is 2.36. The van der Waals surface area contributed by atoms with Crippen LogP contribution in [-0.2, 0) is 9.59 Å². The maximum Gasteiger partial charge on any atom is 0.278 e. The van der Waals surface area contributed by atoms with E-state index < -0.39 is 0 Å². The number of ether oxygens (including phenoxy) is 3. The molecule has 0 bridgehead atoms. The topological polar surface area (TPSA) is 103 Å². The number of carbonyl (C=O) groups is 2. The van der Waals surface area contributed by atoms with Crippen LogP contribution in [0.2, 0.25) is 0 Å². The Bertz CT molecular complexity index is 961. The van der Waals surface area contributed by atoms with Gasteiger partial charge >= 0.3 is 0 Å². The molecule has 2 fully saturated rings. The van der Waals surface area contributed by atoms with Crippen molar-refractivity contribution in [3.8, 4) is 17.5 Å². The van der Waals surface area contributed by atoms with Crippen molar-refractivity contribution in [2.75, 3.05) is 25.7 Å². The van der Waals surface area contributed by atoms with Gasteiger partial charge in [-0.05, 0) is 37.8 Å². The molecule has 4 rings (SSSR count). The number of aromatic nitrogens is 2. The molecular formula is C23H28N4O5. The van der Waals surface area contributed by atoms with E-state index in [-0.39, 0.29) is 36.3 Å². The molecule has 1 atom stereocenters. The third-order valence-corrected chi connectivity index (χ3v) is 5.99. The molecule has 0 spiro atoms. The lowest BCUT2D eigenvalue weighted by atomic mass is 9.92. The summed E-state index contributed by atoms with van der Waals surface area (Å²) < 4.78 is 16.4. The van der Waals surface area contributed by atoms with Crippen molar-refractivity contribution in [3.63, 3.8) is 0 Å². The lowest BCUT2D eigenvalue weighted by molar-refractivity contribution is -0.127. The van der Waals surface area contributed by atoms with E-state index in [0.29, 0.717) is 24.1 Å². The van der Waals surface area contributed by atoms with Crippen LogP contribution in [0.15, 0.2) is 36.7 Å². The Kier molecular flexibility index (Phi) is 6.72. The molecule has 32 heavy (non-hydrogen) atoms. The Balaban J connectivity index is 1.27. The summed E-state index contributed by atoms with van der Waals surface area (Å²) in [4.78, 5) is 35.3. The number of benzene rings is 1. The van der Waals surface area contributed by atoms with E-state index in [9.17, 15) is 9.59 Å². The second kappa shape index (κ2) is 9.84. The maximum atomic E-state index is 12.8. The molecule has 2 aromatic rings. The highest BCUT2D eigenvalue weighted by Crippen LogP contribution is 2.30. The average Bonchev–Trinajstić information content (AvgIpc) is 3.22. The number of methoxy groups -OCH3 is 2. The smallest absolute Gasteiger partial charge is 0.278 e. The normalized spacial score (nSPS) is 23.0. The number of hydrogen-bond acceptors (Lipinski definition) is 7. The highest BCUT2D eigenvalue weighted by atomic mass is 16.5. The van der Waals surface area contributed by atoms with Crippen LogP contribution in [0.5, 0.6) is 17.5 Å². The summed E-state index contributed by atoms with van der Waals surface area (Å²) in [6, 6.07) is 7.41. The maximum absolute atomic E-state index is 12.8. The lowest BCUT2D eigenvalue weighted by Gasteiger charge is -2.30. The molecule has 2 aliphatic rings. The second-order valence-electron chi connectivity index (χ2n) is 8.08. The van der Waals surface area contributed by atoms with Gasteiger partial charge in [0.05, 0.1) is 20.1 Å². The molecule has 1 unspecified atom stereocenters. The SMILES string of the molecule is COc1cccc(N2CC(C(=O)NC3CCC(Oc4nccnc4OC)CC3)CC2=O)c1. The Labute approximate surface area is 187 Å².